The van der Waals surface area contributed by atoms with E-state index in [2.05, 4.69) is 20.8 Å². The number of nitrogens with zero attached hydrogens (tertiary/aromatic N) is 3. The Bertz CT molecular complexity index is 865. The van der Waals surface area contributed by atoms with E-state index in [1.807, 2.05) is 24.3 Å². The normalized spacial score (nSPS) is 22.2. The van der Waals surface area contributed by atoms with Crippen LogP contribution in [-0.2, 0) is 21.8 Å². The van der Waals surface area contributed by atoms with Crippen molar-refractivity contribution in [1.82, 2.24) is 9.80 Å². The Hall–Kier alpha value is -1.70. The molecule has 0 radical (unpaired) electrons. The first-order valence-electron chi connectivity index (χ1n) is 10.1. The molecule has 7 heteroatoms. The lowest BCUT2D eigenvalue weighted by atomic mass is 9.94. The zero-order valence-electron chi connectivity index (χ0n) is 16.3. The molecule has 0 saturated carbocycles. The van der Waals surface area contributed by atoms with Crippen LogP contribution in [0.25, 0.3) is 0 Å². The molecule has 2 aromatic carbocycles. The second-order valence-electron chi connectivity index (χ2n) is 7.93. The van der Waals surface area contributed by atoms with Gasteiger partial charge in [-0.1, -0.05) is 23.7 Å². The van der Waals surface area contributed by atoms with Crippen LogP contribution in [0.2, 0.25) is 5.02 Å². The molecule has 2 fully saturated rings. The summed E-state index contributed by atoms with van der Waals surface area (Å²) < 4.78 is 25.3. The van der Waals surface area contributed by atoms with E-state index in [9.17, 15) is 4.39 Å². The first-order chi connectivity index (χ1) is 14.1. The quantitative estimate of drug-likeness (QED) is 0.764. The van der Waals surface area contributed by atoms with Gasteiger partial charge in [-0.3, -0.25) is 9.80 Å². The highest BCUT2D eigenvalue weighted by molar-refractivity contribution is 6.31. The van der Waals surface area contributed by atoms with E-state index in [4.69, 9.17) is 21.1 Å². The van der Waals surface area contributed by atoms with Gasteiger partial charge in [0, 0.05) is 49.0 Å². The number of piperazine rings is 1. The van der Waals surface area contributed by atoms with E-state index in [1.165, 1.54) is 17.7 Å². The molecule has 3 aliphatic heterocycles. The minimum Gasteiger partial charge on any atom is -0.369 e. The van der Waals surface area contributed by atoms with E-state index in [-0.39, 0.29) is 5.82 Å². The van der Waals surface area contributed by atoms with E-state index >= 15 is 0 Å². The monoisotopic (exact) mass is 417 g/mol. The number of anilines is 1. The van der Waals surface area contributed by atoms with Gasteiger partial charge in [-0.25, -0.2) is 4.39 Å². The molecule has 1 spiro atoms. The lowest BCUT2D eigenvalue weighted by molar-refractivity contribution is -0.191. The second kappa shape index (κ2) is 7.85. The van der Waals surface area contributed by atoms with Crippen LogP contribution in [0.4, 0.5) is 10.1 Å². The largest absolute Gasteiger partial charge is 0.369 e. The molecule has 0 bridgehead atoms. The smallest absolute Gasteiger partial charge is 0.210 e. The molecular formula is C22H25ClFN3O2. The summed E-state index contributed by atoms with van der Waals surface area (Å²) in [6.07, 6.45) is 0. The van der Waals surface area contributed by atoms with Crippen LogP contribution in [0.15, 0.2) is 42.5 Å². The lowest BCUT2D eigenvalue weighted by Gasteiger charge is -2.44. The van der Waals surface area contributed by atoms with Crippen LogP contribution >= 0.6 is 11.6 Å². The first kappa shape index (κ1) is 19.3. The van der Waals surface area contributed by atoms with Crippen LogP contribution in [0, 0.1) is 5.82 Å². The number of benzene rings is 2. The summed E-state index contributed by atoms with van der Waals surface area (Å²) >= 11 is 6.52. The summed E-state index contributed by atoms with van der Waals surface area (Å²) in [5, 5.41) is 0.719. The fourth-order valence-corrected chi connectivity index (χ4v) is 5.01. The fraction of sp³-hybridized carbons (Fsp3) is 0.455. The summed E-state index contributed by atoms with van der Waals surface area (Å²) in [5.41, 5.74) is 3.26. The number of hydrogen-bond acceptors (Lipinski definition) is 5. The van der Waals surface area contributed by atoms with Crippen molar-refractivity contribution in [2.24, 2.45) is 0 Å². The molecular weight excluding hydrogens is 393 g/mol. The molecule has 154 valence electrons. The maximum atomic E-state index is 13.2. The Morgan fingerprint density at radius 2 is 1.66 bits per heavy atom. The Kier molecular flexibility index (Phi) is 5.22. The molecule has 29 heavy (non-hydrogen) atoms. The van der Waals surface area contributed by atoms with Gasteiger partial charge in [0.25, 0.3) is 0 Å². The van der Waals surface area contributed by atoms with Crippen molar-refractivity contribution in [3.05, 3.63) is 64.4 Å². The molecule has 0 atom stereocenters. The molecule has 0 N–H and O–H groups in total. The number of halogens is 2. The third-order valence-corrected chi connectivity index (χ3v) is 6.34. The van der Waals surface area contributed by atoms with Crippen LogP contribution in [0.1, 0.15) is 11.1 Å². The predicted octanol–water partition coefficient (Wildman–Crippen LogP) is 3.27. The summed E-state index contributed by atoms with van der Waals surface area (Å²) in [6.45, 7) is 7.35. The Balaban J connectivity index is 1.25. The minimum absolute atomic E-state index is 0.192. The fourth-order valence-electron chi connectivity index (χ4n) is 4.67. The molecule has 0 aliphatic carbocycles. The molecule has 5 rings (SSSR count). The zero-order valence-corrected chi connectivity index (χ0v) is 17.1. The average Bonchev–Trinajstić information content (AvgIpc) is 3.17. The highest BCUT2D eigenvalue weighted by Gasteiger charge is 2.46. The van der Waals surface area contributed by atoms with Gasteiger partial charge in [0.15, 0.2) is 0 Å². The summed E-state index contributed by atoms with van der Waals surface area (Å²) in [5.74, 6) is -0.940. The Labute approximate surface area is 175 Å². The minimum atomic E-state index is -0.748. The standard InChI is InChI=1S/C22H25ClFN3O2/c23-20-3-1-2-17-14-26(15-22(21(17)20)28-12-13-29-22)16-25-8-10-27(11-9-25)19-6-4-18(24)5-7-19/h1-7H,8-16H2. The molecule has 3 heterocycles. The zero-order chi connectivity index (χ0) is 19.8. The summed E-state index contributed by atoms with van der Waals surface area (Å²) in [6, 6.07) is 12.8. The van der Waals surface area contributed by atoms with Crippen LogP contribution in [-0.4, -0.2) is 62.4 Å². The summed E-state index contributed by atoms with van der Waals surface area (Å²) in [4.78, 5) is 7.15. The van der Waals surface area contributed by atoms with Gasteiger partial charge in [-0.05, 0) is 35.9 Å². The molecule has 0 unspecified atom stereocenters. The average molecular weight is 418 g/mol. The van der Waals surface area contributed by atoms with Crippen molar-refractivity contribution in [3.8, 4) is 0 Å². The predicted molar refractivity (Wildman–Crippen MR) is 110 cm³/mol. The molecule has 2 saturated heterocycles. The topological polar surface area (TPSA) is 28.2 Å². The molecule has 2 aromatic rings. The van der Waals surface area contributed by atoms with Crippen molar-refractivity contribution < 1.29 is 13.9 Å². The number of rotatable bonds is 3. The molecule has 3 aliphatic rings. The van der Waals surface area contributed by atoms with Gasteiger partial charge in [0.2, 0.25) is 5.79 Å². The van der Waals surface area contributed by atoms with E-state index < -0.39 is 5.79 Å². The van der Waals surface area contributed by atoms with Crippen molar-refractivity contribution in [1.29, 1.82) is 0 Å². The number of fused-ring (bicyclic) bond motifs is 2. The highest BCUT2D eigenvalue weighted by Crippen LogP contribution is 2.42. The lowest BCUT2D eigenvalue weighted by Crippen LogP contribution is -2.54. The third kappa shape index (κ3) is 3.76. The van der Waals surface area contributed by atoms with Crippen molar-refractivity contribution in [3.63, 3.8) is 0 Å². The van der Waals surface area contributed by atoms with Gasteiger partial charge < -0.3 is 14.4 Å². The molecule has 5 nitrogen and oxygen atoms in total. The summed E-state index contributed by atoms with van der Waals surface area (Å²) in [7, 11) is 0. The van der Waals surface area contributed by atoms with Crippen molar-refractivity contribution in [2.75, 3.05) is 57.5 Å². The van der Waals surface area contributed by atoms with Gasteiger partial charge in [-0.15, -0.1) is 0 Å². The van der Waals surface area contributed by atoms with Crippen LogP contribution in [0.3, 0.4) is 0 Å². The maximum Gasteiger partial charge on any atom is 0.210 e. The first-order valence-corrected chi connectivity index (χ1v) is 10.5. The molecule has 0 amide bonds. The maximum absolute atomic E-state index is 13.2. The molecule has 0 aromatic heterocycles. The van der Waals surface area contributed by atoms with E-state index in [1.54, 1.807) is 0 Å². The highest BCUT2D eigenvalue weighted by atomic mass is 35.5. The van der Waals surface area contributed by atoms with Crippen molar-refractivity contribution >= 4 is 17.3 Å². The van der Waals surface area contributed by atoms with Gasteiger partial charge in [0.1, 0.15) is 5.82 Å². The third-order valence-electron chi connectivity index (χ3n) is 6.02. The van der Waals surface area contributed by atoms with Crippen LogP contribution < -0.4 is 4.90 Å². The van der Waals surface area contributed by atoms with Crippen LogP contribution in [0.5, 0.6) is 0 Å². The Morgan fingerprint density at radius 3 is 2.38 bits per heavy atom. The van der Waals surface area contributed by atoms with Crippen molar-refractivity contribution in [2.45, 2.75) is 12.3 Å². The van der Waals surface area contributed by atoms with Gasteiger partial charge in [0.05, 0.1) is 26.4 Å². The second-order valence-corrected chi connectivity index (χ2v) is 8.34. The number of ether oxygens (including phenoxy) is 2. The van der Waals surface area contributed by atoms with Gasteiger partial charge >= 0.3 is 0 Å². The van der Waals surface area contributed by atoms with E-state index in [0.717, 1.165) is 55.7 Å². The van der Waals surface area contributed by atoms with E-state index in [0.29, 0.717) is 19.8 Å². The Morgan fingerprint density at radius 1 is 0.931 bits per heavy atom. The number of hydrogen-bond donors (Lipinski definition) is 0. The SMILES string of the molecule is Fc1ccc(N2CCN(CN3Cc4cccc(Cl)c4C4(C3)OCCO4)CC2)cc1. The van der Waals surface area contributed by atoms with Gasteiger partial charge in [-0.2, -0.15) is 0 Å².